The van der Waals surface area contributed by atoms with E-state index < -0.39 is 21.5 Å². The monoisotopic (exact) mass is 258 g/mol. The summed E-state index contributed by atoms with van der Waals surface area (Å²) in [5.41, 5.74) is 5.91. The first kappa shape index (κ1) is 13.3. The van der Waals surface area contributed by atoms with Crippen LogP contribution >= 0.6 is 0 Å². The largest absolute Gasteiger partial charge is 0.495 e. The number of hydrogen-bond donors (Lipinski definition) is 2. The molecule has 1 amide bonds. The fourth-order valence-corrected chi connectivity index (χ4v) is 2.63. The minimum atomic E-state index is -3.72. The predicted octanol–water partition coefficient (Wildman–Crippen LogP) is -0.203. The van der Waals surface area contributed by atoms with E-state index in [4.69, 9.17) is 10.5 Å². The lowest BCUT2D eigenvalue weighted by molar-refractivity contribution is -0.118. The van der Waals surface area contributed by atoms with E-state index in [0.29, 0.717) is 5.69 Å². The van der Waals surface area contributed by atoms with E-state index in [0.717, 1.165) is 0 Å². The Balaban J connectivity index is 3.19. The molecule has 0 atom stereocenters. The number of methoxy groups -OCH3 is 1. The molecule has 0 aliphatic carbocycles. The quantitative estimate of drug-likeness (QED) is 0.728. The average molecular weight is 258 g/mol. The third-order valence-electron chi connectivity index (χ3n) is 2.12. The standard InChI is InChI=1S/C10H14N2O4S/c1-12-10(13)6-17(14,15)9-4-3-7(11)5-8(9)16-2/h3-5H,6,11H2,1-2H3,(H,12,13). The van der Waals surface area contributed by atoms with Gasteiger partial charge in [0.05, 0.1) is 7.11 Å². The van der Waals surface area contributed by atoms with E-state index >= 15 is 0 Å². The zero-order valence-electron chi connectivity index (χ0n) is 9.56. The molecular weight excluding hydrogens is 244 g/mol. The van der Waals surface area contributed by atoms with Gasteiger partial charge in [-0.25, -0.2) is 8.42 Å². The Morgan fingerprint density at radius 3 is 2.65 bits per heavy atom. The molecule has 7 heteroatoms. The highest BCUT2D eigenvalue weighted by atomic mass is 32.2. The Kier molecular flexibility index (Phi) is 3.95. The lowest BCUT2D eigenvalue weighted by Gasteiger charge is -2.09. The maximum absolute atomic E-state index is 11.9. The molecule has 94 valence electrons. The molecule has 1 aromatic rings. The van der Waals surface area contributed by atoms with Crippen molar-refractivity contribution >= 4 is 21.4 Å². The smallest absolute Gasteiger partial charge is 0.235 e. The second-order valence-corrected chi connectivity index (χ2v) is 5.30. The average Bonchev–Trinajstić information content (AvgIpc) is 2.27. The van der Waals surface area contributed by atoms with Crippen LogP contribution in [0.5, 0.6) is 5.75 Å². The van der Waals surface area contributed by atoms with Crippen LogP contribution in [0.2, 0.25) is 0 Å². The number of hydrogen-bond acceptors (Lipinski definition) is 5. The Morgan fingerprint density at radius 1 is 1.47 bits per heavy atom. The highest BCUT2D eigenvalue weighted by Crippen LogP contribution is 2.26. The minimum Gasteiger partial charge on any atom is -0.495 e. The summed E-state index contributed by atoms with van der Waals surface area (Å²) in [5.74, 6) is -1.07. The van der Waals surface area contributed by atoms with Crippen LogP contribution in [0.1, 0.15) is 0 Å². The summed E-state index contributed by atoms with van der Waals surface area (Å²) in [6, 6.07) is 4.17. The van der Waals surface area contributed by atoms with Crippen LogP contribution in [-0.4, -0.2) is 34.2 Å². The third-order valence-corrected chi connectivity index (χ3v) is 3.77. The molecule has 1 aromatic carbocycles. The van der Waals surface area contributed by atoms with Crippen molar-refractivity contribution in [3.8, 4) is 5.75 Å². The topological polar surface area (TPSA) is 98.5 Å². The van der Waals surface area contributed by atoms with Crippen molar-refractivity contribution in [2.24, 2.45) is 0 Å². The van der Waals surface area contributed by atoms with Gasteiger partial charge in [-0.1, -0.05) is 0 Å². The Bertz CT molecular complexity index is 525. The Morgan fingerprint density at radius 2 is 2.12 bits per heavy atom. The van der Waals surface area contributed by atoms with E-state index in [1.807, 2.05) is 0 Å². The number of carbonyl (C=O) groups is 1. The lowest BCUT2D eigenvalue weighted by Crippen LogP contribution is -2.27. The van der Waals surface area contributed by atoms with Crippen LogP contribution in [0.25, 0.3) is 0 Å². The Labute approximate surface area is 99.7 Å². The Hall–Kier alpha value is -1.76. The molecule has 6 nitrogen and oxygen atoms in total. The molecule has 1 rings (SSSR count). The lowest BCUT2D eigenvalue weighted by atomic mass is 10.3. The molecule has 0 spiro atoms. The summed E-state index contributed by atoms with van der Waals surface area (Å²) < 4.78 is 28.8. The van der Waals surface area contributed by atoms with Crippen molar-refractivity contribution in [3.63, 3.8) is 0 Å². The van der Waals surface area contributed by atoms with Gasteiger partial charge >= 0.3 is 0 Å². The first-order chi connectivity index (χ1) is 7.90. The van der Waals surface area contributed by atoms with Gasteiger partial charge in [0.2, 0.25) is 5.91 Å². The number of benzene rings is 1. The van der Waals surface area contributed by atoms with Crippen LogP contribution < -0.4 is 15.8 Å². The molecule has 0 aliphatic heterocycles. The summed E-state index contributed by atoms with van der Waals surface area (Å²) >= 11 is 0. The van der Waals surface area contributed by atoms with E-state index in [9.17, 15) is 13.2 Å². The minimum absolute atomic E-state index is 0.0437. The number of sulfone groups is 1. The molecule has 0 saturated heterocycles. The number of anilines is 1. The van der Waals surface area contributed by atoms with Crippen molar-refractivity contribution in [1.82, 2.24) is 5.32 Å². The van der Waals surface area contributed by atoms with Crippen LogP contribution in [0.4, 0.5) is 5.69 Å². The summed E-state index contributed by atoms with van der Waals surface area (Å²) in [7, 11) is -1.01. The number of nitrogens with two attached hydrogens (primary N) is 1. The predicted molar refractivity (Wildman–Crippen MR) is 63.5 cm³/mol. The second kappa shape index (κ2) is 5.05. The molecule has 0 saturated carbocycles. The fourth-order valence-electron chi connectivity index (χ4n) is 1.26. The third kappa shape index (κ3) is 3.10. The second-order valence-electron chi connectivity index (χ2n) is 3.34. The molecule has 0 radical (unpaired) electrons. The van der Waals surface area contributed by atoms with Crippen LogP contribution in [0, 0.1) is 0 Å². The number of amides is 1. The van der Waals surface area contributed by atoms with Crippen molar-refractivity contribution in [3.05, 3.63) is 18.2 Å². The summed E-state index contributed by atoms with van der Waals surface area (Å²) in [6.07, 6.45) is 0. The number of carbonyl (C=O) groups excluding carboxylic acids is 1. The number of ether oxygens (including phenoxy) is 1. The van der Waals surface area contributed by atoms with Crippen molar-refractivity contribution < 1.29 is 17.9 Å². The van der Waals surface area contributed by atoms with E-state index in [-0.39, 0.29) is 10.6 Å². The van der Waals surface area contributed by atoms with Crippen molar-refractivity contribution in [1.29, 1.82) is 0 Å². The molecule has 0 aliphatic rings. The number of nitrogens with one attached hydrogen (secondary N) is 1. The van der Waals surface area contributed by atoms with Gasteiger partial charge < -0.3 is 15.8 Å². The molecule has 0 fully saturated rings. The van der Waals surface area contributed by atoms with Crippen LogP contribution in [-0.2, 0) is 14.6 Å². The van der Waals surface area contributed by atoms with Crippen LogP contribution in [0.15, 0.2) is 23.1 Å². The molecule has 0 unspecified atom stereocenters. The van der Waals surface area contributed by atoms with Gasteiger partial charge in [0, 0.05) is 18.8 Å². The van der Waals surface area contributed by atoms with E-state index in [1.165, 1.54) is 32.4 Å². The first-order valence-electron chi connectivity index (χ1n) is 4.77. The first-order valence-corrected chi connectivity index (χ1v) is 6.43. The molecule has 0 bridgehead atoms. The molecule has 0 aromatic heterocycles. The summed E-state index contributed by atoms with van der Waals surface area (Å²) in [6.45, 7) is 0. The summed E-state index contributed by atoms with van der Waals surface area (Å²) in [5, 5.41) is 2.26. The highest BCUT2D eigenvalue weighted by molar-refractivity contribution is 7.92. The van der Waals surface area contributed by atoms with Gasteiger partial charge in [0.15, 0.2) is 9.84 Å². The maximum atomic E-state index is 11.9. The SMILES string of the molecule is CNC(=O)CS(=O)(=O)c1ccc(N)cc1OC. The van der Waals surface area contributed by atoms with Gasteiger partial charge in [-0.3, -0.25) is 4.79 Å². The molecule has 17 heavy (non-hydrogen) atoms. The van der Waals surface area contributed by atoms with Gasteiger partial charge in [-0.2, -0.15) is 0 Å². The zero-order valence-corrected chi connectivity index (χ0v) is 10.4. The maximum Gasteiger partial charge on any atom is 0.235 e. The zero-order chi connectivity index (χ0) is 13.1. The molecule has 0 heterocycles. The van der Waals surface area contributed by atoms with Crippen molar-refractivity contribution in [2.75, 3.05) is 25.6 Å². The van der Waals surface area contributed by atoms with Crippen molar-refractivity contribution in [2.45, 2.75) is 4.90 Å². The number of nitrogen functional groups attached to an aromatic ring is 1. The number of rotatable bonds is 4. The van der Waals surface area contributed by atoms with Gasteiger partial charge in [-0.05, 0) is 12.1 Å². The molecule has 3 N–H and O–H groups in total. The summed E-state index contributed by atoms with van der Waals surface area (Å²) in [4.78, 5) is 11.1. The normalized spacial score (nSPS) is 10.9. The molecular formula is C10H14N2O4S. The van der Waals surface area contributed by atoms with Gasteiger partial charge in [-0.15, -0.1) is 0 Å². The highest BCUT2D eigenvalue weighted by Gasteiger charge is 2.22. The van der Waals surface area contributed by atoms with Gasteiger partial charge in [0.25, 0.3) is 0 Å². The van der Waals surface area contributed by atoms with Gasteiger partial charge in [0.1, 0.15) is 16.4 Å². The van der Waals surface area contributed by atoms with E-state index in [1.54, 1.807) is 0 Å². The fraction of sp³-hybridized carbons (Fsp3) is 0.300. The van der Waals surface area contributed by atoms with E-state index in [2.05, 4.69) is 5.32 Å². The van der Waals surface area contributed by atoms with Crippen LogP contribution in [0.3, 0.4) is 0 Å².